The zero-order chi connectivity index (χ0) is 15.2. The van der Waals surface area contributed by atoms with Crippen LogP contribution in [0.3, 0.4) is 0 Å². The van der Waals surface area contributed by atoms with E-state index in [9.17, 15) is 10.1 Å². The Kier molecular flexibility index (Phi) is 5.35. The van der Waals surface area contributed by atoms with Gasteiger partial charge in [-0.2, -0.15) is 0 Å². The number of nitrogens with zero attached hydrogens (tertiary/aromatic N) is 3. The molecule has 0 spiro atoms. The maximum absolute atomic E-state index is 11.2. The van der Waals surface area contributed by atoms with E-state index in [1.807, 2.05) is 19.1 Å². The summed E-state index contributed by atoms with van der Waals surface area (Å²) in [6, 6.07) is 7.34. The minimum Gasteiger partial charge on any atom is -0.364 e. The summed E-state index contributed by atoms with van der Waals surface area (Å²) >= 11 is 7.12. The molecule has 0 aliphatic heterocycles. The fourth-order valence-corrected chi connectivity index (χ4v) is 2.71. The first kappa shape index (κ1) is 15.5. The van der Waals surface area contributed by atoms with Crippen molar-refractivity contribution in [2.75, 3.05) is 11.9 Å². The van der Waals surface area contributed by atoms with E-state index in [2.05, 4.69) is 15.3 Å². The van der Waals surface area contributed by atoms with Gasteiger partial charge in [-0.15, -0.1) is 0 Å². The predicted molar refractivity (Wildman–Crippen MR) is 83.9 cm³/mol. The molecule has 21 heavy (non-hydrogen) atoms. The van der Waals surface area contributed by atoms with Gasteiger partial charge in [0, 0.05) is 17.3 Å². The van der Waals surface area contributed by atoms with Crippen molar-refractivity contribution >= 4 is 34.9 Å². The molecule has 1 N–H and O–H groups in total. The lowest BCUT2D eigenvalue weighted by Gasteiger charge is -2.06. The maximum atomic E-state index is 11.2. The Bertz CT molecular complexity index is 637. The van der Waals surface area contributed by atoms with Crippen LogP contribution >= 0.6 is 23.4 Å². The molecule has 1 aromatic heterocycles. The second kappa shape index (κ2) is 7.24. The van der Waals surface area contributed by atoms with Crippen molar-refractivity contribution in [2.45, 2.75) is 17.7 Å². The molecule has 0 bridgehead atoms. The largest absolute Gasteiger partial charge is 0.364 e. The van der Waals surface area contributed by atoms with Crippen molar-refractivity contribution in [3.05, 3.63) is 51.3 Å². The van der Waals surface area contributed by atoms with Crippen LogP contribution in [0.25, 0.3) is 0 Å². The van der Waals surface area contributed by atoms with Crippen LogP contribution in [0.4, 0.5) is 11.5 Å². The van der Waals surface area contributed by atoms with Crippen LogP contribution in [0.5, 0.6) is 0 Å². The van der Waals surface area contributed by atoms with E-state index >= 15 is 0 Å². The highest BCUT2D eigenvalue weighted by molar-refractivity contribution is 7.98. The van der Waals surface area contributed by atoms with Gasteiger partial charge in [-0.3, -0.25) is 10.1 Å². The number of nitrogens with one attached hydrogen (secondary N) is 1. The molecule has 110 valence electrons. The zero-order valence-corrected chi connectivity index (χ0v) is 12.8. The molecule has 1 aromatic carbocycles. The average Bonchev–Trinajstić information content (AvgIpc) is 2.47. The van der Waals surface area contributed by atoms with Crippen LogP contribution in [0, 0.1) is 10.1 Å². The van der Waals surface area contributed by atoms with Crippen LogP contribution in [0.15, 0.2) is 35.6 Å². The topological polar surface area (TPSA) is 81.0 Å². The first-order chi connectivity index (χ1) is 10.1. The maximum Gasteiger partial charge on any atom is 0.343 e. The van der Waals surface area contributed by atoms with Crippen molar-refractivity contribution in [3.8, 4) is 0 Å². The lowest BCUT2D eigenvalue weighted by Crippen LogP contribution is -2.05. The van der Waals surface area contributed by atoms with Crippen molar-refractivity contribution in [3.63, 3.8) is 0 Å². The Morgan fingerprint density at radius 3 is 2.67 bits per heavy atom. The molecular weight excluding hydrogens is 312 g/mol. The molecule has 0 aliphatic rings. The second-order valence-electron chi connectivity index (χ2n) is 4.08. The van der Waals surface area contributed by atoms with Gasteiger partial charge in [-0.05, 0) is 24.6 Å². The van der Waals surface area contributed by atoms with Gasteiger partial charge in [0.2, 0.25) is 5.82 Å². The number of nitro groups is 1. The van der Waals surface area contributed by atoms with Crippen LogP contribution in [0.1, 0.15) is 12.5 Å². The minimum atomic E-state index is -0.456. The minimum absolute atomic E-state index is 0.0849. The quantitative estimate of drug-likeness (QED) is 0.377. The van der Waals surface area contributed by atoms with Gasteiger partial charge in [-0.1, -0.05) is 35.5 Å². The third kappa shape index (κ3) is 4.05. The number of anilines is 1. The SMILES string of the molecule is CCNc1ncnc(SCc2ccc(Cl)cc2)c1[N+](=O)[O-]. The van der Waals surface area contributed by atoms with Gasteiger partial charge < -0.3 is 5.32 Å². The Hall–Kier alpha value is -1.86. The molecule has 0 aliphatic carbocycles. The Balaban J connectivity index is 2.21. The summed E-state index contributed by atoms with van der Waals surface area (Å²) < 4.78 is 0. The van der Waals surface area contributed by atoms with Gasteiger partial charge >= 0.3 is 5.69 Å². The highest BCUT2D eigenvalue weighted by Gasteiger charge is 2.22. The highest BCUT2D eigenvalue weighted by atomic mass is 35.5. The first-order valence-electron chi connectivity index (χ1n) is 6.22. The smallest absolute Gasteiger partial charge is 0.343 e. The number of hydrogen-bond donors (Lipinski definition) is 1. The van der Waals surface area contributed by atoms with Gasteiger partial charge in [0.1, 0.15) is 6.33 Å². The predicted octanol–water partition coefficient (Wildman–Crippen LogP) is 3.76. The molecule has 8 heteroatoms. The summed E-state index contributed by atoms with van der Waals surface area (Å²) in [6.45, 7) is 2.41. The summed E-state index contributed by atoms with van der Waals surface area (Å²) in [6.07, 6.45) is 1.33. The molecule has 6 nitrogen and oxygen atoms in total. The number of halogens is 1. The fourth-order valence-electron chi connectivity index (χ4n) is 1.66. The van der Waals surface area contributed by atoms with E-state index in [1.54, 1.807) is 12.1 Å². The van der Waals surface area contributed by atoms with Gasteiger partial charge in [0.15, 0.2) is 5.03 Å². The van der Waals surface area contributed by atoms with E-state index in [1.165, 1.54) is 18.1 Å². The lowest BCUT2D eigenvalue weighted by molar-refractivity contribution is -0.387. The summed E-state index contributed by atoms with van der Waals surface area (Å²) in [5, 5.41) is 15.1. The standard InChI is InChI=1S/C13H13ClN4O2S/c1-2-15-12-11(18(19)20)13(17-8-16-12)21-7-9-3-5-10(14)6-4-9/h3-6,8H,2,7H2,1H3,(H,15,16,17). The highest BCUT2D eigenvalue weighted by Crippen LogP contribution is 2.33. The van der Waals surface area contributed by atoms with Crippen molar-refractivity contribution in [1.82, 2.24) is 9.97 Å². The number of aromatic nitrogens is 2. The van der Waals surface area contributed by atoms with E-state index in [4.69, 9.17) is 11.6 Å². The van der Waals surface area contributed by atoms with E-state index in [0.29, 0.717) is 22.3 Å². The molecule has 0 radical (unpaired) electrons. The van der Waals surface area contributed by atoms with Crippen LogP contribution < -0.4 is 5.32 Å². The summed E-state index contributed by atoms with van der Waals surface area (Å²) in [5.74, 6) is 0.816. The summed E-state index contributed by atoms with van der Waals surface area (Å²) in [5.41, 5.74) is 0.931. The van der Waals surface area contributed by atoms with E-state index in [-0.39, 0.29) is 11.5 Å². The van der Waals surface area contributed by atoms with Crippen molar-refractivity contribution in [2.24, 2.45) is 0 Å². The molecular formula is C13H13ClN4O2S. The number of thioether (sulfide) groups is 1. The number of hydrogen-bond acceptors (Lipinski definition) is 6. The van der Waals surface area contributed by atoms with E-state index < -0.39 is 4.92 Å². The molecule has 0 atom stereocenters. The molecule has 0 saturated heterocycles. The van der Waals surface area contributed by atoms with E-state index in [0.717, 1.165) is 5.56 Å². The average molecular weight is 325 g/mol. The third-order valence-corrected chi connectivity index (χ3v) is 3.91. The summed E-state index contributed by atoms with van der Waals surface area (Å²) in [7, 11) is 0. The molecule has 0 saturated carbocycles. The van der Waals surface area contributed by atoms with Crippen LogP contribution in [-0.4, -0.2) is 21.4 Å². The van der Waals surface area contributed by atoms with Crippen molar-refractivity contribution < 1.29 is 4.92 Å². The molecule has 2 aromatic rings. The summed E-state index contributed by atoms with van der Waals surface area (Å²) in [4.78, 5) is 18.7. The Morgan fingerprint density at radius 2 is 2.05 bits per heavy atom. The second-order valence-corrected chi connectivity index (χ2v) is 5.48. The molecule has 0 fully saturated rings. The van der Waals surface area contributed by atoms with Gasteiger partial charge in [-0.25, -0.2) is 9.97 Å². The Labute approximate surface area is 131 Å². The van der Waals surface area contributed by atoms with Crippen LogP contribution in [-0.2, 0) is 5.75 Å². The molecule has 0 unspecified atom stereocenters. The number of benzene rings is 1. The normalized spacial score (nSPS) is 10.4. The van der Waals surface area contributed by atoms with Crippen molar-refractivity contribution in [1.29, 1.82) is 0 Å². The Morgan fingerprint density at radius 1 is 1.33 bits per heavy atom. The molecule has 0 amide bonds. The lowest BCUT2D eigenvalue weighted by atomic mass is 10.2. The zero-order valence-electron chi connectivity index (χ0n) is 11.2. The molecule has 1 heterocycles. The van der Waals surface area contributed by atoms with Crippen LogP contribution in [0.2, 0.25) is 5.02 Å². The number of rotatable bonds is 6. The fraction of sp³-hybridized carbons (Fsp3) is 0.231. The van der Waals surface area contributed by atoms with Gasteiger partial charge in [0.05, 0.1) is 4.92 Å². The first-order valence-corrected chi connectivity index (χ1v) is 7.58. The third-order valence-electron chi connectivity index (χ3n) is 2.60. The monoisotopic (exact) mass is 324 g/mol. The van der Waals surface area contributed by atoms with Gasteiger partial charge in [0.25, 0.3) is 0 Å². The molecule has 2 rings (SSSR count).